The van der Waals surface area contributed by atoms with Crippen LogP contribution in [0.1, 0.15) is 25.3 Å². The molecule has 0 spiro atoms. The van der Waals surface area contributed by atoms with Crippen LogP contribution in [-0.2, 0) is 24.3 Å². The Bertz CT molecular complexity index is 754. The summed E-state index contributed by atoms with van der Waals surface area (Å²) in [6.07, 6.45) is 0.666. The largest absolute Gasteiger partial charge is 0.452 e. The monoisotopic (exact) mass is 354 g/mol. The summed E-state index contributed by atoms with van der Waals surface area (Å²) < 4.78 is 30.6. The number of nitrogens with one attached hydrogen (secondary N) is 1. The van der Waals surface area contributed by atoms with Crippen LogP contribution in [-0.4, -0.2) is 44.8 Å². The van der Waals surface area contributed by atoms with Crippen molar-refractivity contribution in [2.45, 2.75) is 37.7 Å². The Morgan fingerprint density at radius 2 is 1.92 bits per heavy atom. The second-order valence-corrected chi connectivity index (χ2v) is 8.26. The molecule has 1 fully saturated rings. The van der Waals surface area contributed by atoms with Crippen LogP contribution >= 0.6 is 0 Å². The normalized spacial score (nSPS) is 15.9. The van der Waals surface area contributed by atoms with Gasteiger partial charge in [-0.3, -0.25) is 9.59 Å². The standard InChI is InChI=1S/C16H22N2O5S/c1-10-5-8-13(24(21,22)18(3)4)9-14(10)17-15(19)11(2)23-16(20)12-6-7-12/h5,8-9,11-12H,6-7H2,1-4H3,(H,17,19)/t11-/m0/s1. The molecule has 0 heterocycles. The zero-order valence-electron chi connectivity index (χ0n) is 14.2. The van der Waals surface area contributed by atoms with E-state index in [9.17, 15) is 18.0 Å². The Labute approximate surface area is 142 Å². The lowest BCUT2D eigenvalue weighted by atomic mass is 10.2. The summed E-state index contributed by atoms with van der Waals surface area (Å²) in [4.78, 5) is 23.9. The average Bonchev–Trinajstić information content (AvgIpc) is 3.33. The minimum atomic E-state index is -3.60. The van der Waals surface area contributed by atoms with Gasteiger partial charge < -0.3 is 10.1 Å². The maximum atomic E-state index is 12.2. The Kier molecular flexibility index (Phi) is 5.29. The van der Waals surface area contributed by atoms with Crippen LogP contribution in [0.2, 0.25) is 0 Å². The highest BCUT2D eigenvalue weighted by Gasteiger charge is 2.33. The fourth-order valence-corrected chi connectivity index (χ4v) is 2.91. The van der Waals surface area contributed by atoms with Crippen LogP contribution in [0.15, 0.2) is 23.1 Å². The first-order chi connectivity index (χ1) is 11.1. The SMILES string of the molecule is Cc1ccc(S(=O)(=O)N(C)C)cc1NC(=O)[C@H](C)OC(=O)C1CC1. The lowest BCUT2D eigenvalue weighted by molar-refractivity contribution is -0.154. The Hall–Kier alpha value is -1.93. The molecule has 0 aromatic heterocycles. The van der Waals surface area contributed by atoms with Gasteiger partial charge in [0.15, 0.2) is 6.10 Å². The van der Waals surface area contributed by atoms with E-state index in [2.05, 4.69) is 5.32 Å². The highest BCUT2D eigenvalue weighted by atomic mass is 32.2. The van der Waals surface area contributed by atoms with Crippen molar-refractivity contribution in [2.75, 3.05) is 19.4 Å². The van der Waals surface area contributed by atoms with E-state index in [-0.39, 0.29) is 16.8 Å². The Morgan fingerprint density at radius 1 is 1.29 bits per heavy atom. The van der Waals surface area contributed by atoms with Gasteiger partial charge in [0.05, 0.1) is 10.8 Å². The number of nitrogens with zero attached hydrogens (tertiary/aromatic N) is 1. The number of amides is 1. The summed E-state index contributed by atoms with van der Waals surface area (Å²) in [7, 11) is -0.723. The van der Waals surface area contributed by atoms with Crippen molar-refractivity contribution in [3.63, 3.8) is 0 Å². The molecule has 7 nitrogen and oxygen atoms in total. The molecule has 1 aliphatic rings. The molecule has 0 unspecified atom stereocenters. The maximum absolute atomic E-state index is 12.2. The lowest BCUT2D eigenvalue weighted by Gasteiger charge is -2.16. The van der Waals surface area contributed by atoms with E-state index in [0.29, 0.717) is 11.3 Å². The van der Waals surface area contributed by atoms with Crippen LogP contribution in [0.3, 0.4) is 0 Å². The van der Waals surface area contributed by atoms with Crippen molar-refractivity contribution in [2.24, 2.45) is 5.92 Å². The number of anilines is 1. The zero-order chi connectivity index (χ0) is 18.1. The summed E-state index contributed by atoms with van der Waals surface area (Å²) in [6, 6.07) is 4.50. The number of hydrogen-bond acceptors (Lipinski definition) is 5. The fraction of sp³-hybridized carbons (Fsp3) is 0.500. The fourth-order valence-electron chi connectivity index (χ4n) is 1.98. The number of esters is 1. The molecular weight excluding hydrogens is 332 g/mol. The van der Waals surface area contributed by atoms with E-state index in [1.165, 1.54) is 33.2 Å². The summed E-state index contributed by atoms with van der Waals surface area (Å²) in [5.41, 5.74) is 1.08. The zero-order valence-corrected chi connectivity index (χ0v) is 15.0. The van der Waals surface area contributed by atoms with Crippen molar-refractivity contribution in [1.29, 1.82) is 0 Å². The number of benzene rings is 1. The molecule has 132 valence electrons. The third-order valence-electron chi connectivity index (χ3n) is 3.82. The van der Waals surface area contributed by atoms with E-state index in [1.807, 2.05) is 0 Å². The first-order valence-electron chi connectivity index (χ1n) is 7.67. The molecule has 1 saturated carbocycles. The molecule has 0 bridgehead atoms. The molecule has 1 aromatic carbocycles. The number of hydrogen-bond donors (Lipinski definition) is 1. The molecule has 1 amide bonds. The van der Waals surface area contributed by atoms with Gasteiger partial charge >= 0.3 is 5.97 Å². The van der Waals surface area contributed by atoms with Gasteiger partial charge in [-0.05, 0) is 44.4 Å². The van der Waals surface area contributed by atoms with Crippen molar-refractivity contribution >= 4 is 27.6 Å². The van der Waals surface area contributed by atoms with Gasteiger partial charge in [0, 0.05) is 19.8 Å². The van der Waals surface area contributed by atoms with Crippen molar-refractivity contribution in [3.05, 3.63) is 23.8 Å². The number of rotatable bonds is 6. The highest BCUT2D eigenvalue weighted by Crippen LogP contribution is 2.30. The number of sulfonamides is 1. The van der Waals surface area contributed by atoms with Gasteiger partial charge in [-0.25, -0.2) is 12.7 Å². The van der Waals surface area contributed by atoms with Gasteiger partial charge in [-0.15, -0.1) is 0 Å². The minimum absolute atomic E-state index is 0.0797. The number of carbonyl (C=O) groups is 2. The third-order valence-corrected chi connectivity index (χ3v) is 5.63. The quantitative estimate of drug-likeness (QED) is 0.782. The van der Waals surface area contributed by atoms with Crippen molar-refractivity contribution in [3.8, 4) is 0 Å². The molecule has 1 N–H and O–H groups in total. The Balaban J connectivity index is 2.13. The van der Waals surface area contributed by atoms with E-state index in [4.69, 9.17) is 4.74 Å². The van der Waals surface area contributed by atoms with Crippen molar-refractivity contribution in [1.82, 2.24) is 4.31 Å². The van der Waals surface area contributed by atoms with Crippen LogP contribution in [0.4, 0.5) is 5.69 Å². The van der Waals surface area contributed by atoms with Crippen molar-refractivity contribution < 1.29 is 22.7 Å². The third kappa shape index (κ3) is 4.12. The van der Waals surface area contributed by atoms with Gasteiger partial charge in [-0.1, -0.05) is 6.07 Å². The van der Waals surface area contributed by atoms with Gasteiger partial charge in [0.2, 0.25) is 10.0 Å². The number of carbonyl (C=O) groups excluding carboxylic acids is 2. The molecule has 8 heteroatoms. The van der Waals surface area contributed by atoms with Crippen LogP contribution in [0.5, 0.6) is 0 Å². The molecule has 24 heavy (non-hydrogen) atoms. The molecule has 1 atom stereocenters. The molecule has 0 aliphatic heterocycles. The van der Waals surface area contributed by atoms with Crippen LogP contribution < -0.4 is 5.32 Å². The van der Waals surface area contributed by atoms with Crippen LogP contribution in [0.25, 0.3) is 0 Å². The molecule has 2 rings (SSSR count). The predicted molar refractivity (Wildman–Crippen MR) is 89.0 cm³/mol. The predicted octanol–water partition coefficient (Wildman–Crippen LogP) is 1.53. The highest BCUT2D eigenvalue weighted by molar-refractivity contribution is 7.89. The topological polar surface area (TPSA) is 92.8 Å². The second kappa shape index (κ2) is 6.90. The smallest absolute Gasteiger partial charge is 0.309 e. The molecule has 0 saturated heterocycles. The summed E-state index contributed by atoms with van der Waals surface area (Å²) in [5, 5.41) is 2.63. The minimum Gasteiger partial charge on any atom is -0.452 e. The van der Waals surface area contributed by atoms with Gasteiger partial charge in [0.1, 0.15) is 0 Å². The average molecular weight is 354 g/mol. The number of ether oxygens (including phenoxy) is 1. The second-order valence-electron chi connectivity index (χ2n) is 6.11. The lowest BCUT2D eigenvalue weighted by Crippen LogP contribution is -2.30. The van der Waals surface area contributed by atoms with Crippen LogP contribution in [0, 0.1) is 12.8 Å². The van der Waals surface area contributed by atoms with Gasteiger partial charge in [0.25, 0.3) is 5.91 Å². The Morgan fingerprint density at radius 3 is 2.46 bits per heavy atom. The van der Waals surface area contributed by atoms with E-state index in [0.717, 1.165) is 17.1 Å². The first-order valence-corrected chi connectivity index (χ1v) is 9.11. The summed E-state index contributed by atoms with van der Waals surface area (Å²) >= 11 is 0. The van der Waals surface area contributed by atoms with E-state index < -0.39 is 22.0 Å². The van der Waals surface area contributed by atoms with E-state index in [1.54, 1.807) is 13.0 Å². The molecule has 0 radical (unpaired) electrons. The molecular formula is C16H22N2O5S. The summed E-state index contributed by atoms with van der Waals surface area (Å²) in [5.74, 6) is -0.944. The maximum Gasteiger partial charge on any atom is 0.309 e. The van der Waals surface area contributed by atoms with E-state index >= 15 is 0 Å². The van der Waals surface area contributed by atoms with Gasteiger partial charge in [-0.2, -0.15) is 0 Å². The first kappa shape index (κ1) is 18.4. The summed E-state index contributed by atoms with van der Waals surface area (Å²) in [6.45, 7) is 3.24. The number of aryl methyl sites for hydroxylation is 1. The molecule has 1 aromatic rings. The molecule has 1 aliphatic carbocycles.